The number of ketones is 1. The first-order chi connectivity index (χ1) is 6.97. The molecule has 6 heteroatoms. The summed E-state index contributed by atoms with van der Waals surface area (Å²) in [5.74, 6) is -0.453. The molecule has 0 radical (unpaired) electrons. The summed E-state index contributed by atoms with van der Waals surface area (Å²) in [5, 5.41) is 10.7. The Bertz CT molecular complexity index is 456. The summed E-state index contributed by atoms with van der Waals surface area (Å²) < 4.78 is 0.459. The number of benzene rings is 1. The van der Waals surface area contributed by atoms with Crippen LogP contribution in [0.25, 0.3) is 0 Å². The highest BCUT2D eigenvalue weighted by atomic mass is 79.9. The fourth-order valence-electron chi connectivity index (χ4n) is 1.18. The lowest BCUT2D eigenvalue weighted by atomic mass is 10.1. The van der Waals surface area contributed by atoms with E-state index >= 15 is 0 Å². The van der Waals surface area contributed by atoms with Gasteiger partial charge in [-0.15, -0.1) is 0 Å². The van der Waals surface area contributed by atoms with Gasteiger partial charge in [0.25, 0.3) is 5.69 Å². The summed E-state index contributed by atoms with van der Waals surface area (Å²) in [5.41, 5.74) is -0.628. The summed E-state index contributed by atoms with van der Waals surface area (Å²) in [6.07, 6.45) is 0.356. The Morgan fingerprint density at radius 1 is 1.53 bits per heavy atom. The Labute approximate surface area is 93.4 Å². The van der Waals surface area contributed by atoms with Crippen LogP contribution in [0.5, 0.6) is 0 Å². The Morgan fingerprint density at radius 2 is 2.13 bits per heavy atom. The molecule has 0 atom stereocenters. The van der Waals surface area contributed by atoms with Gasteiger partial charge in [0, 0.05) is 4.47 Å². The smallest absolute Gasteiger partial charge is 0.290 e. The zero-order valence-corrected chi connectivity index (χ0v) is 9.28. The second-order valence-electron chi connectivity index (χ2n) is 2.82. The molecule has 0 N–H and O–H groups in total. The summed E-state index contributed by atoms with van der Waals surface area (Å²) in [4.78, 5) is 31.7. The minimum atomic E-state index is -0.729. The van der Waals surface area contributed by atoms with Gasteiger partial charge in [0.1, 0.15) is 0 Å². The molecule has 1 rings (SSSR count). The van der Waals surface area contributed by atoms with Crippen molar-refractivity contribution in [3.8, 4) is 0 Å². The van der Waals surface area contributed by atoms with Crippen molar-refractivity contribution in [2.45, 2.75) is 6.92 Å². The molecule has 0 saturated heterocycles. The van der Waals surface area contributed by atoms with E-state index in [0.29, 0.717) is 10.8 Å². The van der Waals surface area contributed by atoms with Crippen LogP contribution >= 0.6 is 15.9 Å². The fraction of sp³-hybridized carbons (Fsp3) is 0.111. The van der Waals surface area contributed by atoms with E-state index in [1.165, 1.54) is 19.1 Å². The third-order valence-electron chi connectivity index (χ3n) is 1.79. The lowest BCUT2D eigenvalue weighted by Crippen LogP contribution is -2.03. The summed E-state index contributed by atoms with van der Waals surface area (Å²) >= 11 is 3.07. The van der Waals surface area contributed by atoms with Crippen molar-refractivity contribution in [2.24, 2.45) is 0 Å². The summed E-state index contributed by atoms with van der Waals surface area (Å²) in [6.45, 7) is 1.21. The van der Waals surface area contributed by atoms with E-state index in [2.05, 4.69) is 15.9 Å². The van der Waals surface area contributed by atoms with Gasteiger partial charge >= 0.3 is 0 Å². The SMILES string of the molecule is CC(=O)c1cc(Br)cc(C=O)c1[N+](=O)[O-]. The fourth-order valence-corrected chi connectivity index (χ4v) is 1.66. The minimum absolute atomic E-state index is 0.0727. The molecule has 0 saturated carbocycles. The number of halogens is 1. The van der Waals surface area contributed by atoms with Crippen molar-refractivity contribution < 1.29 is 14.5 Å². The van der Waals surface area contributed by atoms with Gasteiger partial charge in [0.15, 0.2) is 12.1 Å². The molecule has 0 heterocycles. The lowest BCUT2D eigenvalue weighted by molar-refractivity contribution is -0.385. The van der Waals surface area contributed by atoms with E-state index < -0.39 is 16.4 Å². The third kappa shape index (κ3) is 2.27. The molecule has 0 fully saturated rings. The number of nitro groups is 1. The van der Waals surface area contributed by atoms with Gasteiger partial charge in [-0.25, -0.2) is 0 Å². The van der Waals surface area contributed by atoms with Crippen LogP contribution in [-0.4, -0.2) is 17.0 Å². The molecule has 0 aromatic heterocycles. The van der Waals surface area contributed by atoms with Crippen LogP contribution in [0.3, 0.4) is 0 Å². The Kier molecular flexibility index (Phi) is 3.31. The maximum absolute atomic E-state index is 11.1. The topological polar surface area (TPSA) is 77.3 Å². The van der Waals surface area contributed by atoms with E-state index in [1.807, 2.05) is 0 Å². The van der Waals surface area contributed by atoms with E-state index in [4.69, 9.17) is 0 Å². The first-order valence-electron chi connectivity index (χ1n) is 3.91. The number of nitrogens with zero attached hydrogens (tertiary/aromatic N) is 1. The largest absolute Gasteiger partial charge is 0.298 e. The maximum Gasteiger partial charge on any atom is 0.290 e. The van der Waals surface area contributed by atoms with Crippen molar-refractivity contribution in [1.82, 2.24) is 0 Å². The van der Waals surface area contributed by atoms with E-state index in [0.717, 1.165) is 0 Å². The molecular weight excluding hydrogens is 266 g/mol. The van der Waals surface area contributed by atoms with Gasteiger partial charge in [0.05, 0.1) is 16.1 Å². The van der Waals surface area contributed by atoms with Crippen LogP contribution in [0.1, 0.15) is 27.6 Å². The highest BCUT2D eigenvalue weighted by Crippen LogP contribution is 2.27. The Morgan fingerprint density at radius 3 is 2.53 bits per heavy atom. The van der Waals surface area contributed by atoms with Crippen LogP contribution in [0.15, 0.2) is 16.6 Å². The number of carbonyl (C=O) groups excluding carboxylic acids is 2. The average Bonchev–Trinajstić information content (AvgIpc) is 2.15. The number of nitro benzene ring substituents is 1. The molecule has 0 amide bonds. The van der Waals surface area contributed by atoms with Crippen molar-refractivity contribution in [3.63, 3.8) is 0 Å². The van der Waals surface area contributed by atoms with Crippen LogP contribution in [0.2, 0.25) is 0 Å². The molecule has 0 spiro atoms. The van der Waals surface area contributed by atoms with E-state index in [1.54, 1.807) is 0 Å². The first kappa shape index (κ1) is 11.5. The third-order valence-corrected chi connectivity index (χ3v) is 2.25. The molecule has 0 aliphatic carbocycles. The second kappa shape index (κ2) is 4.31. The molecule has 1 aromatic carbocycles. The average molecular weight is 272 g/mol. The summed E-state index contributed by atoms with van der Waals surface area (Å²) in [6, 6.07) is 2.63. The molecule has 15 heavy (non-hydrogen) atoms. The van der Waals surface area contributed by atoms with Crippen molar-refractivity contribution in [2.75, 3.05) is 0 Å². The molecule has 0 unspecified atom stereocenters. The number of hydrogen-bond acceptors (Lipinski definition) is 4. The van der Waals surface area contributed by atoms with Crippen molar-refractivity contribution >= 4 is 33.7 Å². The van der Waals surface area contributed by atoms with Crippen molar-refractivity contribution in [1.29, 1.82) is 0 Å². The van der Waals surface area contributed by atoms with Crippen LogP contribution in [-0.2, 0) is 0 Å². The maximum atomic E-state index is 11.1. The van der Waals surface area contributed by atoms with Gasteiger partial charge in [-0.3, -0.25) is 19.7 Å². The Hall–Kier alpha value is -1.56. The van der Waals surface area contributed by atoms with Gasteiger partial charge in [0.2, 0.25) is 0 Å². The van der Waals surface area contributed by atoms with Crippen LogP contribution in [0, 0.1) is 10.1 Å². The van der Waals surface area contributed by atoms with Crippen molar-refractivity contribution in [3.05, 3.63) is 37.8 Å². The second-order valence-corrected chi connectivity index (χ2v) is 3.74. The molecule has 1 aromatic rings. The highest BCUT2D eigenvalue weighted by Gasteiger charge is 2.22. The predicted octanol–water partition coefficient (Wildman–Crippen LogP) is 2.37. The van der Waals surface area contributed by atoms with Crippen LogP contribution < -0.4 is 0 Å². The monoisotopic (exact) mass is 271 g/mol. The number of hydrogen-bond donors (Lipinski definition) is 0. The zero-order chi connectivity index (χ0) is 11.6. The quantitative estimate of drug-likeness (QED) is 0.366. The van der Waals surface area contributed by atoms with E-state index in [9.17, 15) is 19.7 Å². The zero-order valence-electron chi connectivity index (χ0n) is 7.69. The number of carbonyl (C=O) groups is 2. The summed E-state index contributed by atoms with van der Waals surface area (Å²) in [7, 11) is 0. The molecule has 0 aliphatic rings. The van der Waals surface area contributed by atoms with Crippen LogP contribution in [0.4, 0.5) is 5.69 Å². The predicted molar refractivity (Wildman–Crippen MR) is 56.2 cm³/mol. The molecule has 78 valence electrons. The lowest BCUT2D eigenvalue weighted by Gasteiger charge is -2.02. The highest BCUT2D eigenvalue weighted by molar-refractivity contribution is 9.10. The first-order valence-corrected chi connectivity index (χ1v) is 4.70. The number of aldehydes is 1. The number of Topliss-reactive ketones (excluding diaryl/α,β-unsaturated/α-hetero) is 1. The molecular formula is C9H6BrNO4. The minimum Gasteiger partial charge on any atom is -0.298 e. The number of rotatable bonds is 3. The molecule has 0 aliphatic heterocycles. The van der Waals surface area contributed by atoms with Gasteiger partial charge < -0.3 is 0 Å². The molecule has 0 bridgehead atoms. The standard InChI is InChI=1S/C9H6BrNO4/c1-5(13)8-3-7(10)2-6(4-12)9(8)11(14)15/h2-4H,1H3. The van der Waals surface area contributed by atoms with Gasteiger partial charge in [-0.1, -0.05) is 15.9 Å². The molecule has 5 nitrogen and oxygen atoms in total. The normalized spacial score (nSPS) is 9.73. The Balaban J connectivity index is 3.61. The van der Waals surface area contributed by atoms with E-state index in [-0.39, 0.29) is 11.1 Å². The van der Waals surface area contributed by atoms with Gasteiger partial charge in [-0.2, -0.15) is 0 Å². The van der Waals surface area contributed by atoms with Gasteiger partial charge in [-0.05, 0) is 19.1 Å².